The maximum absolute atomic E-state index is 6.00. The Morgan fingerprint density at radius 1 is 0.630 bits per heavy atom. The normalized spacial score (nSPS) is 11.9. The summed E-state index contributed by atoms with van der Waals surface area (Å²) in [6.07, 6.45) is 0. The third kappa shape index (κ3) is 2.06. The average molecular weight is 412 g/mol. The van der Waals surface area contributed by atoms with E-state index in [1.807, 2.05) is 12.1 Å². The highest BCUT2D eigenvalue weighted by Crippen LogP contribution is 2.37. The fourth-order valence-electron chi connectivity index (χ4n) is 4.11. The van der Waals surface area contributed by atoms with E-state index in [4.69, 9.17) is 4.42 Å². The standard InChI is InChI=1S/C24H14BrNO/c25-19-8-5-10-21-24(19)17-7-1-3-9-20(17)26(21)15-12-13-23-18(14-15)16-6-2-4-11-22(16)27-23/h1-14H. The Labute approximate surface area is 163 Å². The zero-order valence-corrected chi connectivity index (χ0v) is 15.9. The van der Waals surface area contributed by atoms with Gasteiger partial charge in [-0.15, -0.1) is 0 Å². The van der Waals surface area contributed by atoms with Crippen LogP contribution in [0.2, 0.25) is 0 Å². The highest BCUT2D eigenvalue weighted by molar-refractivity contribution is 9.10. The summed E-state index contributed by atoms with van der Waals surface area (Å²) >= 11 is 3.74. The summed E-state index contributed by atoms with van der Waals surface area (Å²) in [5.74, 6) is 0. The molecule has 0 aliphatic carbocycles. The molecule has 0 bridgehead atoms. The lowest BCUT2D eigenvalue weighted by molar-refractivity contribution is 0.669. The van der Waals surface area contributed by atoms with Gasteiger partial charge in [-0.25, -0.2) is 0 Å². The van der Waals surface area contributed by atoms with Crippen LogP contribution >= 0.6 is 15.9 Å². The van der Waals surface area contributed by atoms with Crippen LogP contribution in [0.15, 0.2) is 93.8 Å². The van der Waals surface area contributed by atoms with Crippen molar-refractivity contribution in [2.45, 2.75) is 0 Å². The van der Waals surface area contributed by atoms with Gasteiger partial charge in [0, 0.05) is 31.7 Å². The van der Waals surface area contributed by atoms with Gasteiger partial charge in [0.15, 0.2) is 0 Å². The number of hydrogen-bond acceptors (Lipinski definition) is 1. The topological polar surface area (TPSA) is 18.1 Å². The smallest absolute Gasteiger partial charge is 0.135 e. The van der Waals surface area contributed by atoms with Crippen molar-refractivity contribution in [2.75, 3.05) is 0 Å². The number of benzene rings is 4. The van der Waals surface area contributed by atoms with E-state index in [1.165, 1.54) is 21.8 Å². The van der Waals surface area contributed by atoms with Crippen molar-refractivity contribution >= 4 is 59.7 Å². The maximum atomic E-state index is 6.00. The molecule has 0 aliphatic rings. The number of furan rings is 1. The van der Waals surface area contributed by atoms with E-state index < -0.39 is 0 Å². The predicted octanol–water partition coefficient (Wildman–Crippen LogP) is 7.45. The van der Waals surface area contributed by atoms with Crippen LogP contribution in [0.4, 0.5) is 0 Å². The number of para-hydroxylation sites is 2. The summed E-state index contributed by atoms with van der Waals surface area (Å²) in [6, 6.07) is 29.6. The Hall–Kier alpha value is -3.04. The molecule has 0 saturated heterocycles. The summed E-state index contributed by atoms with van der Waals surface area (Å²) < 4.78 is 9.45. The molecule has 0 amide bonds. The van der Waals surface area contributed by atoms with E-state index in [2.05, 4.69) is 93.3 Å². The van der Waals surface area contributed by atoms with Crippen LogP contribution in [0.3, 0.4) is 0 Å². The van der Waals surface area contributed by atoms with Gasteiger partial charge in [0.2, 0.25) is 0 Å². The van der Waals surface area contributed by atoms with Gasteiger partial charge in [-0.1, -0.05) is 58.4 Å². The Balaban J connectivity index is 1.77. The Bertz CT molecular complexity index is 1490. The predicted molar refractivity (Wildman–Crippen MR) is 116 cm³/mol. The van der Waals surface area contributed by atoms with Gasteiger partial charge in [0.1, 0.15) is 11.2 Å². The molecule has 0 N–H and O–H groups in total. The van der Waals surface area contributed by atoms with Crippen molar-refractivity contribution in [1.82, 2.24) is 4.57 Å². The van der Waals surface area contributed by atoms with Gasteiger partial charge >= 0.3 is 0 Å². The molecule has 0 saturated carbocycles. The van der Waals surface area contributed by atoms with Crippen molar-refractivity contribution < 1.29 is 4.42 Å². The molecule has 6 aromatic rings. The first kappa shape index (κ1) is 15.1. The van der Waals surface area contributed by atoms with Crippen LogP contribution in [0, 0.1) is 0 Å². The van der Waals surface area contributed by atoms with Crippen LogP contribution in [-0.4, -0.2) is 4.57 Å². The molecule has 2 aromatic heterocycles. The minimum Gasteiger partial charge on any atom is -0.456 e. The molecule has 128 valence electrons. The second-order valence-electron chi connectivity index (χ2n) is 6.77. The van der Waals surface area contributed by atoms with Gasteiger partial charge in [0.05, 0.1) is 11.0 Å². The third-order valence-electron chi connectivity index (χ3n) is 5.27. The molecule has 4 aromatic carbocycles. The summed E-state index contributed by atoms with van der Waals surface area (Å²) in [7, 11) is 0. The van der Waals surface area contributed by atoms with E-state index in [1.54, 1.807) is 0 Å². The molecular weight excluding hydrogens is 398 g/mol. The van der Waals surface area contributed by atoms with E-state index in [-0.39, 0.29) is 0 Å². The second kappa shape index (κ2) is 5.48. The number of halogens is 1. The molecule has 6 rings (SSSR count). The van der Waals surface area contributed by atoms with Crippen molar-refractivity contribution in [3.05, 3.63) is 89.4 Å². The molecule has 0 aliphatic heterocycles. The fraction of sp³-hybridized carbons (Fsp3) is 0. The number of aromatic nitrogens is 1. The van der Waals surface area contributed by atoms with Gasteiger partial charge in [0.25, 0.3) is 0 Å². The molecule has 0 atom stereocenters. The molecule has 27 heavy (non-hydrogen) atoms. The Kier molecular flexibility index (Phi) is 3.06. The van der Waals surface area contributed by atoms with Crippen LogP contribution < -0.4 is 0 Å². The van der Waals surface area contributed by atoms with Crippen molar-refractivity contribution in [1.29, 1.82) is 0 Å². The van der Waals surface area contributed by atoms with Gasteiger partial charge in [-0.2, -0.15) is 0 Å². The van der Waals surface area contributed by atoms with E-state index in [9.17, 15) is 0 Å². The zero-order valence-electron chi connectivity index (χ0n) is 14.3. The van der Waals surface area contributed by atoms with Crippen molar-refractivity contribution in [2.24, 2.45) is 0 Å². The van der Waals surface area contributed by atoms with Crippen LogP contribution in [0.5, 0.6) is 0 Å². The molecule has 0 unspecified atom stereocenters. The number of fused-ring (bicyclic) bond motifs is 6. The SMILES string of the molecule is Brc1cccc2c1c1ccccc1n2-c1ccc2oc3ccccc3c2c1. The summed E-state index contributed by atoms with van der Waals surface area (Å²) in [5.41, 5.74) is 5.37. The van der Waals surface area contributed by atoms with Crippen molar-refractivity contribution in [3.8, 4) is 5.69 Å². The molecule has 0 radical (unpaired) electrons. The molecule has 3 heteroatoms. The number of rotatable bonds is 1. The lowest BCUT2D eigenvalue weighted by atomic mass is 10.1. The highest BCUT2D eigenvalue weighted by atomic mass is 79.9. The lowest BCUT2D eigenvalue weighted by Gasteiger charge is -2.08. The fourth-order valence-corrected chi connectivity index (χ4v) is 4.68. The third-order valence-corrected chi connectivity index (χ3v) is 5.93. The van der Waals surface area contributed by atoms with Crippen LogP contribution in [0.1, 0.15) is 0 Å². The quantitative estimate of drug-likeness (QED) is 0.274. The van der Waals surface area contributed by atoms with Gasteiger partial charge < -0.3 is 8.98 Å². The van der Waals surface area contributed by atoms with E-state index in [0.29, 0.717) is 0 Å². The van der Waals surface area contributed by atoms with Crippen molar-refractivity contribution in [3.63, 3.8) is 0 Å². The van der Waals surface area contributed by atoms with E-state index >= 15 is 0 Å². The largest absolute Gasteiger partial charge is 0.456 e. The maximum Gasteiger partial charge on any atom is 0.135 e. The average Bonchev–Trinajstić information content (AvgIpc) is 3.24. The number of nitrogens with zero attached hydrogens (tertiary/aromatic N) is 1. The first-order valence-corrected chi connectivity index (χ1v) is 9.70. The number of hydrogen-bond donors (Lipinski definition) is 0. The monoisotopic (exact) mass is 411 g/mol. The minimum absolute atomic E-state index is 0.918. The Morgan fingerprint density at radius 3 is 2.30 bits per heavy atom. The first-order valence-electron chi connectivity index (χ1n) is 8.90. The first-order chi connectivity index (χ1) is 13.3. The Morgan fingerprint density at radius 2 is 1.37 bits per heavy atom. The molecule has 0 fully saturated rings. The molecule has 2 nitrogen and oxygen atoms in total. The van der Waals surface area contributed by atoms with Gasteiger partial charge in [-0.3, -0.25) is 0 Å². The van der Waals surface area contributed by atoms with Gasteiger partial charge in [-0.05, 0) is 42.5 Å². The highest BCUT2D eigenvalue weighted by Gasteiger charge is 2.15. The summed E-state index contributed by atoms with van der Waals surface area (Å²) in [4.78, 5) is 0. The van der Waals surface area contributed by atoms with E-state index in [0.717, 1.165) is 32.1 Å². The zero-order chi connectivity index (χ0) is 18.0. The second-order valence-corrected chi connectivity index (χ2v) is 7.62. The summed E-state index contributed by atoms with van der Waals surface area (Å²) in [6.45, 7) is 0. The summed E-state index contributed by atoms with van der Waals surface area (Å²) in [5, 5.41) is 4.78. The molecule has 2 heterocycles. The minimum atomic E-state index is 0.918. The van der Waals surface area contributed by atoms with Crippen LogP contribution in [-0.2, 0) is 0 Å². The molecular formula is C24H14BrNO. The molecule has 0 spiro atoms. The lowest BCUT2D eigenvalue weighted by Crippen LogP contribution is -1.93. The van der Waals surface area contributed by atoms with Crippen LogP contribution in [0.25, 0.3) is 49.4 Å².